The topological polar surface area (TPSA) is 57.4 Å². The van der Waals surface area contributed by atoms with E-state index < -0.39 is 0 Å². The van der Waals surface area contributed by atoms with Crippen molar-refractivity contribution in [3.63, 3.8) is 0 Å². The number of ether oxygens (including phenoxy) is 1. The van der Waals surface area contributed by atoms with Gasteiger partial charge in [0.1, 0.15) is 0 Å². The number of nitriles is 1. The fourth-order valence-corrected chi connectivity index (χ4v) is 1.34. The second kappa shape index (κ2) is 8.57. The van der Waals surface area contributed by atoms with Crippen LogP contribution in [-0.4, -0.2) is 30.7 Å². The van der Waals surface area contributed by atoms with Crippen LogP contribution in [0.3, 0.4) is 0 Å². The summed E-state index contributed by atoms with van der Waals surface area (Å²) in [7, 11) is 0. The van der Waals surface area contributed by atoms with E-state index in [1.54, 1.807) is 0 Å². The molecule has 0 aliphatic rings. The molecule has 86 valence electrons. The normalized spacial score (nSPS) is 13.7. The number of hydrogen-bond acceptors (Lipinski definition) is 4. The Bertz CT molecular complexity index is 235. The number of nitrogens with one attached hydrogen (secondary N) is 1. The minimum Gasteiger partial charge on any atom is -0.380 e. The minimum atomic E-state index is 0.105. The van der Waals surface area contributed by atoms with Crippen LogP contribution in [0.1, 0.15) is 20.8 Å². The summed E-state index contributed by atoms with van der Waals surface area (Å²) < 4.78 is 5.35. The van der Waals surface area contributed by atoms with E-state index in [2.05, 4.69) is 24.2 Å². The van der Waals surface area contributed by atoms with Crippen LogP contribution in [0, 0.1) is 17.4 Å². The maximum atomic E-state index is 8.51. The van der Waals surface area contributed by atoms with E-state index in [1.165, 1.54) is 11.8 Å². The molecule has 0 radical (unpaired) electrons. The number of rotatable bonds is 5. The Balaban J connectivity index is 4.40. The molecule has 0 bridgehead atoms. The lowest BCUT2D eigenvalue weighted by atomic mass is 10.1. The van der Waals surface area contributed by atoms with E-state index in [0.29, 0.717) is 24.3 Å². The van der Waals surface area contributed by atoms with Gasteiger partial charge in [0.25, 0.3) is 0 Å². The fraction of sp³-hybridized carbons (Fsp3) is 0.800. The van der Waals surface area contributed by atoms with Gasteiger partial charge in [-0.3, -0.25) is 10.3 Å². The maximum absolute atomic E-state index is 8.51. The lowest BCUT2D eigenvalue weighted by Gasteiger charge is -2.17. The molecule has 0 rings (SSSR count). The van der Waals surface area contributed by atoms with Crippen LogP contribution in [0.4, 0.5) is 0 Å². The van der Waals surface area contributed by atoms with E-state index >= 15 is 0 Å². The first kappa shape index (κ1) is 14.3. The van der Waals surface area contributed by atoms with Crippen molar-refractivity contribution >= 4 is 16.9 Å². The third-order valence-corrected chi connectivity index (χ3v) is 2.50. The van der Waals surface area contributed by atoms with Gasteiger partial charge in [-0.1, -0.05) is 25.6 Å². The van der Waals surface area contributed by atoms with Gasteiger partial charge in [-0.2, -0.15) is 5.26 Å². The van der Waals surface area contributed by atoms with E-state index in [0.717, 1.165) is 0 Å². The van der Waals surface area contributed by atoms with Crippen LogP contribution in [0.15, 0.2) is 4.99 Å². The molecular formula is C10H19N3OS. The van der Waals surface area contributed by atoms with Gasteiger partial charge in [-0.25, -0.2) is 0 Å². The predicted molar refractivity (Wildman–Crippen MR) is 64.8 cm³/mol. The highest BCUT2D eigenvalue weighted by atomic mass is 32.2. The maximum Gasteiger partial charge on any atom is 0.183 e. The second-order valence-electron chi connectivity index (χ2n) is 3.35. The van der Waals surface area contributed by atoms with Crippen molar-refractivity contribution in [1.29, 1.82) is 5.26 Å². The molecule has 0 aliphatic heterocycles. The Morgan fingerprint density at radius 2 is 2.27 bits per heavy atom. The summed E-state index contributed by atoms with van der Waals surface area (Å²) in [6.45, 7) is 7.45. The molecule has 0 aromatic heterocycles. The lowest BCUT2D eigenvalue weighted by molar-refractivity contribution is 0.122. The Morgan fingerprint density at radius 3 is 2.67 bits per heavy atom. The minimum absolute atomic E-state index is 0.105. The van der Waals surface area contributed by atoms with Crippen molar-refractivity contribution in [1.82, 2.24) is 5.32 Å². The van der Waals surface area contributed by atoms with Gasteiger partial charge in [0.05, 0.1) is 12.6 Å². The molecule has 1 atom stereocenters. The quantitative estimate of drug-likeness (QED) is 0.338. The average molecular weight is 229 g/mol. The molecule has 5 heteroatoms. The van der Waals surface area contributed by atoms with Gasteiger partial charge in [0.2, 0.25) is 0 Å². The molecule has 4 nitrogen and oxygen atoms in total. The number of thioether (sulfide) groups is 1. The summed E-state index contributed by atoms with van der Waals surface area (Å²) in [5.41, 5.74) is 0. The standard InChI is InChI=1S/C10H19N3OS/c1-5-14-6-9(8(2)3)13-10(15-4)12-7-11/h8-9H,5-6H2,1-4H3,(H,12,13). The van der Waals surface area contributed by atoms with Crippen molar-refractivity contribution in [2.24, 2.45) is 10.9 Å². The Morgan fingerprint density at radius 1 is 1.60 bits per heavy atom. The van der Waals surface area contributed by atoms with E-state index in [1.807, 2.05) is 19.4 Å². The van der Waals surface area contributed by atoms with E-state index in [-0.39, 0.29) is 6.04 Å². The van der Waals surface area contributed by atoms with Gasteiger partial charge in [0, 0.05) is 6.61 Å². The van der Waals surface area contributed by atoms with Crippen LogP contribution in [0.2, 0.25) is 0 Å². The molecule has 0 saturated heterocycles. The number of amidine groups is 1. The van der Waals surface area contributed by atoms with Gasteiger partial charge in [-0.15, -0.1) is 0 Å². The molecule has 0 spiro atoms. The van der Waals surface area contributed by atoms with Crippen molar-refractivity contribution in [2.45, 2.75) is 26.8 Å². The molecule has 1 N–H and O–H groups in total. The van der Waals surface area contributed by atoms with Gasteiger partial charge >= 0.3 is 0 Å². The van der Waals surface area contributed by atoms with E-state index in [4.69, 9.17) is 10.00 Å². The number of aliphatic imine (C=N–C) groups is 1. The van der Waals surface area contributed by atoms with Gasteiger partial charge in [0.15, 0.2) is 11.4 Å². The zero-order chi connectivity index (χ0) is 11.7. The monoisotopic (exact) mass is 229 g/mol. The molecule has 0 aromatic rings. The van der Waals surface area contributed by atoms with Gasteiger partial charge < -0.3 is 4.74 Å². The molecule has 1 unspecified atom stereocenters. The highest BCUT2D eigenvalue weighted by Gasteiger charge is 2.13. The molecule has 0 aromatic carbocycles. The zero-order valence-corrected chi connectivity index (χ0v) is 10.6. The third-order valence-electron chi connectivity index (χ3n) is 1.90. The molecule has 0 saturated carbocycles. The van der Waals surface area contributed by atoms with Crippen LogP contribution in [0.25, 0.3) is 0 Å². The van der Waals surface area contributed by atoms with Crippen molar-refractivity contribution in [2.75, 3.05) is 19.5 Å². The van der Waals surface area contributed by atoms with Gasteiger partial charge in [-0.05, 0) is 19.1 Å². The lowest BCUT2D eigenvalue weighted by Crippen LogP contribution is -2.25. The second-order valence-corrected chi connectivity index (χ2v) is 4.14. The highest BCUT2D eigenvalue weighted by molar-refractivity contribution is 8.13. The molecule has 15 heavy (non-hydrogen) atoms. The SMILES string of the molecule is CCOCC(N=C(NC#N)SC)C(C)C. The zero-order valence-electron chi connectivity index (χ0n) is 9.78. The summed E-state index contributed by atoms with van der Waals surface area (Å²) in [4.78, 5) is 4.44. The summed E-state index contributed by atoms with van der Waals surface area (Å²) in [6.07, 6.45) is 3.77. The Kier molecular flexibility index (Phi) is 8.15. The van der Waals surface area contributed by atoms with Crippen LogP contribution in [-0.2, 0) is 4.74 Å². The third kappa shape index (κ3) is 6.37. The molecule has 0 fully saturated rings. The average Bonchev–Trinajstić information content (AvgIpc) is 2.22. The summed E-state index contributed by atoms with van der Waals surface area (Å²) in [6, 6.07) is 0.105. The largest absolute Gasteiger partial charge is 0.380 e. The highest BCUT2D eigenvalue weighted by Crippen LogP contribution is 2.09. The Labute approximate surface area is 96.1 Å². The van der Waals surface area contributed by atoms with Crippen LogP contribution in [0.5, 0.6) is 0 Å². The van der Waals surface area contributed by atoms with Crippen molar-refractivity contribution in [3.05, 3.63) is 0 Å². The number of hydrogen-bond donors (Lipinski definition) is 1. The first-order valence-electron chi connectivity index (χ1n) is 5.00. The molecule has 0 amide bonds. The molecule has 0 heterocycles. The van der Waals surface area contributed by atoms with Crippen molar-refractivity contribution in [3.8, 4) is 6.19 Å². The van der Waals surface area contributed by atoms with Crippen molar-refractivity contribution < 1.29 is 4.74 Å². The summed E-state index contributed by atoms with van der Waals surface area (Å²) in [5, 5.41) is 11.7. The fourth-order valence-electron chi connectivity index (χ4n) is 0.952. The summed E-state index contributed by atoms with van der Waals surface area (Å²) in [5.74, 6) is 0.402. The first-order chi connectivity index (χ1) is 7.15. The predicted octanol–water partition coefficient (Wildman–Crippen LogP) is 1.84. The smallest absolute Gasteiger partial charge is 0.183 e. The van der Waals surface area contributed by atoms with Crippen LogP contribution >= 0.6 is 11.8 Å². The van der Waals surface area contributed by atoms with E-state index in [9.17, 15) is 0 Å². The summed E-state index contributed by atoms with van der Waals surface area (Å²) >= 11 is 1.43. The first-order valence-corrected chi connectivity index (χ1v) is 6.22. The van der Waals surface area contributed by atoms with Crippen LogP contribution < -0.4 is 5.32 Å². The molecular weight excluding hydrogens is 210 g/mol. The molecule has 0 aliphatic carbocycles. The Hall–Kier alpha value is -0.730. The number of nitrogens with zero attached hydrogens (tertiary/aromatic N) is 2.